The molecule has 1 aliphatic rings. The van der Waals surface area contributed by atoms with Gasteiger partial charge in [-0.3, -0.25) is 0 Å². The SMILES string of the molecule is NCC(Cc1ccc(F)c(F)c1)C1CCS(=O)(=O)C1. The summed E-state index contributed by atoms with van der Waals surface area (Å²) in [6.07, 6.45) is 1.09. The van der Waals surface area contributed by atoms with Gasteiger partial charge < -0.3 is 5.73 Å². The third-order valence-corrected chi connectivity index (χ3v) is 5.51. The highest BCUT2D eigenvalue weighted by atomic mass is 32.2. The van der Waals surface area contributed by atoms with E-state index >= 15 is 0 Å². The zero-order chi connectivity index (χ0) is 14.0. The molecule has 1 aromatic rings. The van der Waals surface area contributed by atoms with Gasteiger partial charge in [-0.05, 0) is 48.9 Å². The summed E-state index contributed by atoms with van der Waals surface area (Å²) < 4.78 is 48.9. The van der Waals surface area contributed by atoms with Gasteiger partial charge in [-0.25, -0.2) is 17.2 Å². The van der Waals surface area contributed by atoms with Crippen molar-refractivity contribution in [3.63, 3.8) is 0 Å². The van der Waals surface area contributed by atoms with Crippen molar-refractivity contribution in [1.29, 1.82) is 0 Å². The van der Waals surface area contributed by atoms with E-state index in [1.807, 2.05) is 0 Å². The molecular formula is C13H17F2NO2S. The van der Waals surface area contributed by atoms with E-state index in [-0.39, 0.29) is 23.3 Å². The lowest BCUT2D eigenvalue weighted by Crippen LogP contribution is -2.26. The monoisotopic (exact) mass is 289 g/mol. The second-order valence-electron chi connectivity index (χ2n) is 5.11. The molecule has 2 rings (SSSR count). The lowest BCUT2D eigenvalue weighted by atomic mass is 9.86. The van der Waals surface area contributed by atoms with Crippen molar-refractivity contribution in [2.45, 2.75) is 12.8 Å². The number of rotatable bonds is 4. The van der Waals surface area contributed by atoms with Gasteiger partial charge in [-0.2, -0.15) is 0 Å². The largest absolute Gasteiger partial charge is 0.330 e. The van der Waals surface area contributed by atoms with E-state index in [0.717, 1.165) is 12.1 Å². The number of hydrogen-bond acceptors (Lipinski definition) is 3. The van der Waals surface area contributed by atoms with Crippen LogP contribution in [0.25, 0.3) is 0 Å². The minimum absolute atomic E-state index is 0.0119. The third-order valence-electron chi connectivity index (χ3n) is 3.72. The van der Waals surface area contributed by atoms with Gasteiger partial charge in [0.15, 0.2) is 21.5 Å². The summed E-state index contributed by atoms with van der Waals surface area (Å²) in [5, 5.41) is 0. The molecule has 1 fully saturated rings. The van der Waals surface area contributed by atoms with E-state index in [2.05, 4.69) is 0 Å². The number of sulfone groups is 1. The van der Waals surface area contributed by atoms with Crippen molar-refractivity contribution in [2.24, 2.45) is 17.6 Å². The Morgan fingerprint density at radius 1 is 1.32 bits per heavy atom. The van der Waals surface area contributed by atoms with Crippen LogP contribution in [0.5, 0.6) is 0 Å². The maximum Gasteiger partial charge on any atom is 0.159 e. The Bertz CT molecular complexity index is 560. The van der Waals surface area contributed by atoms with Gasteiger partial charge in [-0.1, -0.05) is 6.07 Å². The normalized spacial score (nSPS) is 23.4. The molecule has 0 spiro atoms. The van der Waals surface area contributed by atoms with Crippen molar-refractivity contribution >= 4 is 9.84 Å². The molecule has 0 bridgehead atoms. The van der Waals surface area contributed by atoms with E-state index in [1.54, 1.807) is 0 Å². The minimum Gasteiger partial charge on any atom is -0.330 e. The molecule has 6 heteroatoms. The Balaban J connectivity index is 2.09. The van der Waals surface area contributed by atoms with Crippen LogP contribution in [0.15, 0.2) is 18.2 Å². The highest BCUT2D eigenvalue weighted by Crippen LogP contribution is 2.28. The molecule has 2 atom stereocenters. The summed E-state index contributed by atoms with van der Waals surface area (Å²) in [4.78, 5) is 0. The first-order valence-electron chi connectivity index (χ1n) is 6.25. The molecule has 0 radical (unpaired) electrons. The first kappa shape index (κ1) is 14.4. The standard InChI is InChI=1S/C13H17F2NO2S/c14-12-2-1-9(6-13(12)15)5-11(7-16)10-3-4-19(17,18)8-10/h1-2,6,10-11H,3-5,7-8,16H2. The van der Waals surface area contributed by atoms with E-state index in [0.29, 0.717) is 24.9 Å². The van der Waals surface area contributed by atoms with Crippen LogP contribution in [0.3, 0.4) is 0 Å². The zero-order valence-electron chi connectivity index (χ0n) is 10.5. The van der Waals surface area contributed by atoms with Crippen LogP contribution < -0.4 is 5.73 Å². The van der Waals surface area contributed by atoms with Crippen LogP contribution in [0.4, 0.5) is 8.78 Å². The highest BCUT2D eigenvalue weighted by molar-refractivity contribution is 7.91. The van der Waals surface area contributed by atoms with Gasteiger partial charge in [-0.15, -0.1) is 0 Å². The molecule has 0 amide bonds. The molecule has 0 aliphatic carbocycles. The maximum absolute atomic E-state index is 13.1. The van der Waals surface area contributed by atoms with Crippen molar-refractivity contribution < 1.29 is 17.2 Å². The number of nitrogens with two attached hydrogens (primary N) is 1. The second-order valence-corrected chi connectivity index (χ2v) is 7.34. The maximum atomic E-state index is 13.1. The van der Waals surface area contributed by atoms with Crippen molar-refractivity contribution in [2.75, 3.05) is 18.1 Å². The minimum atomic E-state index is -2.95. The lowest BCUT2D eigenvalue weighted by molar-refractivity contribution is 0.369. The smallest absolute Gasteiger partial charge is 0.159 e. The number of hydrogen-bond donors (Lipinski definition) is 1. The van der Waals surface area contributed by atoms with Crippen LogP contribution in [0, 0.1) is 23.5 Å². The molecule has 1 aromatic carbocycles. The van der Waals surface area contributed by atoms with Crippen molar-refractivity contribution in [3.8, 4) is 0 Å². The fourth-order valence-corrected chi connectivity index (χ4v) is 4.53. The quantitative estimate of drug-likeness (QED) is 0.914. The lowest BCUT2D eigenvalue weighted by Gasteiger charge is -2.20. The molecule has 0 saturated carbocycles. The van der Waals surface area contributed by atoms with Gasteiger partial charge in [0.05, 0.1) is 11.5 Å². The molecule has 3 nitrogen and oxygen atoms in total. The number of halogens is 2. The summed E-state index contributed by atoms with van der Waals surface area (Å²) in [5.74, 6) is -1.40. The van der Waals surface area contributed by atoms with Gasteiger partial charge >= 0.3 is 0 Å². The summed E-state index contributed by atoms with van der Waals surface area (Å²) in [6, 6.07) is 3.76. The van der Waals surface area contributed by atoms with E-state index in [9.17, 15) is 17.2 Å². The van der Waals surface area contributed by atoms with Gasteiger partial charge in [0.1, 0.15) is 0 Å². The van der Waals surface area contributed by atoms with Crippen LogP contribution in [-0.2, 0) is 16.3 Å². The number of benzene rings is 1. The van der Waals surface area contributed by atoms with Crippen LogP contribution in [0.1, 0.15) is 12.0 Å². The third kappa shape index (κ3) is 3.51. The molecule has 2 N–H and O–H groups in total. The first-order chi connectivity index (χ1) is 8.91. The summed E-state index contributed by atoms with van der Waals surface area (Å²) in [5.41, 5.74) is 6.35. The molecule has 1 heterocycles. The van der Waals surface area contributed by atoms with Crippen LogP contribution >= 0.6 is 0 Å². The van der Waals surface area contributed by atoms with Crippen LogP contribution in [0.2, 0.25) is 0 Å². The van der Waals surface area contributed by atoms with Gasteiger partial charge in [0.2, 0.25) is 0 Å². The highest BCUT2D eigenvalue weighted by Gasteiger charge is 2.33. The molecular weight excluding hydrogens is 272 g/mol. The Labute approximate surface area is 111 Å². The first-order valence-corrected chi connectivity index (χ1v) is 8.08. The van der Waals surface area contributed by atoms with E-state index in [4.69, 9.17) is 5.73 Å². The predicted octanol–water partition coefficient (Wildman–Crippen LogP) is 1.52. The Kier molecular flexibility index (Phi) is 4.20. The fourth-order valence-electron chi connectivity index (χ4n) is 2.61. The Morgan fingerprint density at radius 2 is 2.05 bits per heavy atom. The molecule has 106 valence electrons. The van der Waals surface area contributed by atoms with Gasteiger partial charge in [0, 0.05) is 0 Å². The average Bonchev–Trinajstić information content (AvgIpc) is 2.71. The van der Waals surface area contributed by atoms with E-state index in [1.165, 1.54) is 6.07 Å². The zero-order valence-corrected chi connectivity index (χ0v) is 11.3. The fraction of sp³-hybridized carbons (Fsp3) is 0.538. The second kappa shape index (κ2) is 5.54. The summed E-state index contributed by atoms with van der Waals surface area (Å²) >= 11 is 0. The molecule has 2 unspecified atom stereocenters. The molecule has 19 heavy (non-hydrogen) atoms. The molecule has 1 saturated heterocycles. The topological polar surface area (TPSA) is 60.2 Å². The molecule has 0 aromatic heterocycles. The Morgan fingerprint density at radius 3 is 2.58 bits per heavy atom. The molecule has 1 aliphatic heterocycles. The predicted molar refractivity (Wildman–Crippen MR) is 69.4 cm³/mol. The Hall–Kier alpha value is -1.01. The van der Waals surface area contributed by atoms with Crippen molar-refractivity contribution in [1.82, 2.24) is 0 Å². The van der Waals surface area contributed by atoms with Gasteiger partial charge in [0.25, 0.3) is 0 Å². The van der Waals surface area contributed by atoms with Crippen molar-refractivity contribution in [3.05, 3.63) is 35.4 Å². The van der Waals surface area contributed by atoms with Crippen LogP contribution in [-0.4, -0.2) is 26.5 Å². The summed E-state index contributed by atoms with van der Waals surface area (Å²) in [6.45, 7) is 0.346. The van der Waals surface area contributed by atoms with E-state index < -0.39 is 21.5 Å². The summed E-state index contributed by atoms with van der Waals surface area (Å²) in [7, 11) is -2.95. The average molecular weight is 289 g/mol.